The van der Waals surface area contributed by atoms with Gasteiger partial charge in [-0.05, 0) is 59.5 Å². The second-order valence-electron chi connectivity index (χ2n) is 4.77. The molecule has 1 aromatic heterocycles. The van der Waals surface area contributed by atoms with E-state index in [1.807, 2.05) is 12.1 Å². The summed E-state index contributed by atoms with van der Waals surface area (Å²) in [7, 11) is 0. The van der Waals surface area contributed by atoms with Crippen LogP contribution in [0, 0.1) is 6.92 Å². The van der Waals surface area contributed by atoms with Crippen molar-refractivity contribution in [3.8, 4) is 11.4 Å². The normalized spacial score (nSPS) is 14.7. The highest BCUT2D eigenvalue weighted by molar-refractivity contribution is 9.10. The molecule has 19 heavy (non-hydrogen) atoms. The number of hydrogen-bond acceptors (Lipinski definition) is 2. The molecule has 0 saturated heterocycles. The number of halogens is 3. The topological polar surface area (TPSA) is 25.8 Å². The lowest BCUT2D eigenvalue weighted by Gasteiger charge is -2.09. The van der Waals surface area contributed by atoms with Crippen molar-refractivity contribution in [1.29, 1.82) is 0 Å². The summed E-state index contributed by atoms with van der Waals surface area (Å²) in [6.07, 6.45) is 2.37. The van der Waals surface area contributed by atoms with Gasteiger partial charge >= 0.3 is 0 Å². The molecule has 0 spiro atoms. The molecule has 0 N–H and O–H groups in total. The Morgan fingerprint density at radius 1 is 1.21 bits per heavy atom. The molecule has 2 nitrogen and oxygen atoms in total. The van der Waals surface area contributed by atoms with Gasteiger partial charge in [0.1, 0.15) is 5.15 Å². The number of aryl methyl sites for hydroxylation is 1. The highest BCUT2D eigenvalue weighted by atomic mass is 79.9. The Morgan fingerprint density at radius 3 is 2.58 bits per heavy atom. The van der Waals surface area contributed by atoms with Crippen molar-refractivity contribution in [3.05, 3.63) is 43.6 Å². The van der Waals surface area contributed by atoms with E-state index in [1.54, 1.807) is 0 Å². The summed E-state index contributed by atoms with van der Waals surface area (Å²) < 4.78 is 1.90. The Bertz CT molecular complexity index is 654. The lowest BCUT2D eigenvalue weighted by Crippen LogP contribution is -1.98. The van der Waals surface area contributed by atoms with E-state index >= 15 is 0 Å². The van der Waals surface area contributed by atoms with Crippen LogP contribution in [0.25, 0.3) is 11.4 Å². The standard InChI is InChI=1S/C14H11Br2ClN2/c1-7-6-9(15)4-5-10(7)14-18-12(8-2-3-8)11(16)13(17)19-14/h4-6,8H,2-3H2,1H3. The predicted molar refractivity (Wildman–Crippen MR) is 84.6 cm³/mol. The first kappa shape index (κ1) is 13.5. The highest BCUT2D eigenvalue weighted by Gasteiger charge is 2.29. The largest absolute Gasteiger partial charge is 0.231 e. The van der Waals surface area contributed by atoms with Crippen LogP contribution < -0.4 is 0 Å². The molecule has 1 aromatic carbocycles. The van der Waals surface area contributed by atoms with Gasteiger partial charge < -0.3 is 0 Å². The highest BCUT2D eigenvalue weighted by Crippen LogP contribution is 2.44. The number of aromatic nitrogens is 2. The zero-order valence-corrected chi connectivity index (χ0v) is 14.2. The lowest BCUT2D eigenvalue weighted by atomic mass is 10.1. The Labute approximate surface area is 133 Å². The summed E-state index contributed by atoms with van der Waals surface area (Å²) in [4.78, 5) is 9.09. The summed E-state index contributed by atoms with van der Waals surface area (Å²) in [6, 6.07) is 6.08. The summed E-state index contributed by atoms with van der Waals surface area (Å²) in [5.74, 6) is 1.24. The van der Waals surface area contributed by atoms with E-state index in [2.05, 4.69) is 49.8 Å². The number of rotatable bonds is 2. The summed E-state index contributed by atoms with van der Waals surface area (Å²) in [5.41, 5.74) is 3.20. The number of benzene rings is 1. The Balaban J connectivity index is 2.14. The number of nitrogens with zero attached hydrogens (tertiary/aromatic N) is 2. The van der Waals surface area contributed by atoms with E-state index in [9.17, 15) is 0 Å². The first-order chi connectivity index (χ1) is 9.06. The van der Waals surface area contributed by atoms with E-state index in [-0.39, 0.29) is 0 Å². The zero-order chi connectivity index (χ0) is 13.6. The SMILES string of the molecule is Cc1cc(Br)ccc1-c1nc(Cl)c(Br)c(C2CC2)n1. The summed E-state index contributed by atoms with van der Waals surface area (Å²) in [6.45, 7) is 2.05. The molecule has 0 amide bonds. The third-order valence-electron chi connectivity index (χ3n) is 3.23. The van der Waals surface area contributed by atoms with E-state index in [0.29, 0.717) is 16.9 Å². The van der Waals surface area contributed by atoms with Gasteiger partial charge in [0.15, 0.2) is 5.82 Å². The van der Waals surface area contributed by atoms with Crippen LogP contribution in [0.15, 0.2) is 27.1 Å². The molecule has 1 fully saturated rings. The first-order valence-corrected chi connectivity index (χ1v) is 8.02. The first-order valence-electron chi connectivity index (χ1n) is 6.05. The molecule has 2 aromatic rings. The Kier molecular flexibility index (Phi) is 3.67. The maximum Gasteiger partial charge on any atom is 0.161 e. The van der Waals surface area contributed by atoms with Crippen LogP contribution in [0.1, 0.15) is 30.0 Å². The molecule has 3 rings (SSSR count). The fourth-order valence-corrected chi connectivity index (χ4v) is 3.22. The predicted octanol–water partition coefficient (Wildman–Crippen LogP) is 5.51. The minimum atomic E-state index is 0.495. The fraction of sp³-hybridized carbons (Fsp3) is 0.286. The van der Waals surface area contributed by atoms with Gasteiger partial charge in [0, 0.05) is 16.0 Å². The average molecular weight is 403 g/mol. The molecule has 1 aliphatic rings. The molecule has 98 valence electrons. The van der Waals surface area contributed by atoms with E-state index in [0.717, 1.165) is 25.8 Å². The summed E-state index contributed by atoms with van der Waals surface area (Å²) >= 11 is 13.2. The van der Waals surface area contributed by atoms with Gasteiger partial charge in [0.25, 0.3) is 0 Å². The van der Waals surface area contributed by atoms with Crippen molar-refractivity contribution in [2.45, 2.75) is 25.7 Å². The van der Waals surface area contributed by atoms with Gasteiger partial charge in [-0.15, -0.1) is 0 Å². The van der Waals surface area contributed by atoms with Crippen molar-refractivity contribution in [1.82, 2.24) is 9.97 Å². The van der Waals surface area contributed by atoms with Crippen molar-refractivity contribution in [2.24, 2.45) is 0 Å². The van der Waals surface area contributed by atoms with Gasteiger partial charge in [-0.2, -0.15) is 0 Å². The smallest absolute Gasteiger partial charge is 0.161 e. The molecule has 1 aliphatic carbocycles. The Morgan fingerprint density at radius 2 is 1.95 bits per heavy atom. The average Bonchev–Trinajstić information content (AvgIpc) is 3.17. The van der Waals surface area contributed by atoms with Crippen LogP contribution >= 0.6 is 43.5 Å². The molecule has 0 atom stereocenters. The number of hydrogen-bond donors (Lipinski definition) is 0. The van der Waals surface area contributed by atoms with Crippen molar-refractivity contribution in [2.75, 3.05) is 0 Å². The minimum Gasteiger partial charge on any atom is -0.231 e. The fourth-order valence-electron chi connectivity index (χ4n) is 2.06. The third kappa shape index (κ3) is 2.71. The van der Waals surface area contributed by atoms with Crippen LogP contribution in [0.5, 0.6) is 0 Å². The van der Waals surface area contributed by atoms with Gasteiger partial charge in [0.2, 0.25) is 0 Å². The van der Waals surface area contributed by atoms with Crippen LogP contribution in [0.3, 0.4) is 0 Å². The molecule has 0 radical (unpaired) electrons. The van der Waals surface area contributed by atoms with Crippen molar-refractivity contribution < 1.29 is 0 Å². The molecule has 0 aliphatic heterocycles. The van der Waals surface area contributed by atoms with Gasteiger partial charge in [0.05, 0.1) is 10.2 Å². The van der Waals surface area contributed by atoms with Crippen LogP contribution in [-0.2, 0) is 0 Å². The zero-order valence-electron chi connectivity index (χ0n) is 10.3. The third-order valence-corrected chi connectivity index (χ3v) is 5.01. The maximum atomic E-state index is 6.22. The monoisotopic (exact) mass is 400 g/mol. The second-order valence-corrected chi connectivity index (χ2v) is 6.84. The van der Waals surface area contributed by atoms with Crippen LogP contribution in [0.2, 0.25) is 5.15 Å². The van der Waals surface area contributed by atoms with E-state index in [1.165, 1.54) is 12.8 Å². The van der Waals surface area contributed by atoms with Crippen LogP contribution in [-0.4, -0.2) is 9.97 Å². The molecule has 0 unspecified atom stereocenters. The second kappa shape index (κ2) is 5.15. The maximum absolute atomic E-state index is 6.22. The van der Waals surface area contributed by atoms with Gasteiger partial charge in [-0.1, -0.05) is 27.5 Å². The van der Waals surface area contributed by atoms with Crippen molar-refractivity contribution >= 4 is 43.5 Å². The summed E-state index contributed by atoms with van der Waals surface area (Å²) in [5, 5.41) is 0.495. The van der Waals surface area contributed by atoms with Gasteiger partial charge in [-0.25, -0.2) is 9.97 Å². The van der Waals surface area contributed by atoms with E-state index in [4.69, 9.17) is 16.6 Å². The Hall–Kier alpha value is -0.450. The van der Waals surface area contributed by atoms with Crippen molar-refractivity contribution in [3.63, 3.8) is 0 Å². The van der Waals surface area contributed by atoms with Crippen LogP contribution in [0.4, 0.5) is 0 Å². The molecule has 0 bridgehead atoms. The molecule has 1 saturated carbocycles. The minimum absolute atomic E-state index is 0.495. The van der Waals surface area contributed by atoms with E-state index < -0.39 is 0 Å². The molecule has 1 heterocycles. The molecular weight excluding hydrogens is 391 g/mol. The lowest BCUT2D eigenvalue weighted by molar-refractivity contribution is 0.978. The molecular formula is C14H11Br2ClN2. The van der Waals surface area contributed by atoms with Gasteiger partial charge in [-0.3, -0.25) is 0 Å². The quantitative estimate of drug-likeness (QED) is 0.619. The molecule has 5 heteroatoms.